The molecule has 1 nitrogen and oxygen atoms in total. The van der Waals surface area contributed by atoms with Crippen LogP contribution in [0.15, 0.2) is 134 Å². The molecule has 0 radical (unpaired) electrons. The molecule has 0 bridgehead atoms. The third-order valence-electron chi connectivity index (χ3n) is 9.62. The number of benzene rings is 5. The molecule has 216 valence electrons. The highest BCUT2D eigenvalue weighted by atomic mass is 32.1. The van der Waals surface area contributed by atoms with E-state index in [2.05, 4.69) is 165 Å². The number of fused-ring (bicyclic) bond motifs is 5. The van der Waals surface area contributed by atoms with E-state index in [1.54, 1.807) is 5.19 Å². The number of para-hydroxylation sites is 2. The summed E-state index contributed by atoms with van der Waals surface area (Å²) in [5.74, 6) is 0. The van der Waals surface area contributed by atoms with Gasteiger partial charge >= 0.3 is 0 Å². The van der Waals surface area contributed by atoms with Crippen molar-refractivity contribution in [3.8, 4) is 21.6 Å². The molecule has 0 saturated carbocycles. The quantitative estimate of drug-likeness (QED) is 0.172. The monoisotopic (exact) mass is 611 g/mol. The summed E-state index contributed by atoms with van der Waals surface area (Å²) in [6, 6.07) is 44.7. The van der Waals surface area contributed by atoms with Gasteiger partial charge in [-0.2, -0.15) is 0 Å². The minimum Gasteiger partial charge on any atom is -0.311 e. The maximum atomic E-state index is 4.22. The van der Waals surface area contributed by atoms with E-state index in [0.29, 0.717) is 0 Å². The normalized spacial score (nSPS) is 13.8. The van der Waals surface area contributed by atoms with Gasteiger partial charge in [-0.15, -0.1) is 11.3 Å². The maximum Gasteiger partial charge on any atom is 0.244 e. The van der Waals surface area contributed by atoms with Crippen LogP contribution < -0.4 is 31.7 Å². The summed E-state index contributed by atoms with van der Waals surface area (Å²) in [6.07, 6.45) is 6.52. The molecule has 5 aromatic carbocycles. The molecule has 8 rings (SSSR count). The van der Waals surface area contributed by atoms with Crippen molar-refractivity contribution >= 4 is 82.1 Å². The van der Waals surface area contributed by atoms with E-state index in [1.807, 2.05) is 17.4 Å². The van der Waals surface area contributed by atoms with Crippen molar-refractivity contribution in [1.82, 2.24) is 0 Å². The Labute approximate surface area is 271 Å². The SMILES string of the molecule is C=Cc1sc2c(c1/C=C\C)B1c3ccc(N(c4ccccc4)c4ccccc4)cc3[Si](C)(C)c3cc(-c4ccccc4)cc-2c31. The zero-order valence-electron chi connectivity index (χ0n) is 25.9. The van der Waals surface area contributed by atoms with Gasteiger partial charge in [0.05, 0.1) is 0 Å². The first-order valence-electron chi connectivity index (χ1n) is 15.7. The minimum absolute atomic E-state index is 0.220. The summed E-state index contributed by atoms with van der Waals surface area (Å²) in [4.78, 5) is 5.07. The van der Waals surface area contributed by atoms with Gasteiger partial charge in [0, 0.05) is 26.8 Å². The van der Waals surface area contributed by atoms with E-state index < -0.39 is 8.07 Å². The number of anilines is 3. The number of rotatable bonds is 6. The molecule has 0 unspecified atom stereocenters. The summed E-state index contributed by atoms with van der Waals surface area (Å²) >= 11 is 1.91. The molecule has 0 aliphatic carbocycles. The smallest absolute Gasteiger partial charge is 0.244 e. The van der Waals surface area contributed by atoms with Crippen molar-refractivity contribution < 1.29 is 0 Å². The van der Waals surface area contributed by atoms with E-state index >= 15 is 0 Å². The summed E-state index contributed by atoms with van der Waals surface area (Å²) in [5, 5.41) is 3.09. The first-order chi connectivity index (χ1) is 22.0. The highest BCUT2D eigenvalue weighted by molar-refractivity contribution is 7.24. The van der Waals surface area contributed by atoms with Crippen LogP contribution in [0, 0.1) is 0 Å². The molecule has 6 aromatic rings. The zero-order chi connectivity index (χ0) is 30.7. The second-order valence-corrected chi connectivity index (χ2v) is 17.9. The molecule has 4 heteroatoms. The van der Waals surface area contributed by atoms with E-state index in [-0.39, 0.29) is 6.71 Å². The molecular formula is C41H34BNSSi. The lowest BCUT2D eigenvalue weighted by Crippen LogP contribution is -2.75. The fourth-order valence-electron chi connectivity index (χ4n) is 7.60. The Hall–Kier alpha value is -4.64. The van der Waals surface area contributed by atoms with Crippen LogP contribution in [0.2, 0.25) is 13.1 Å². The predicted molar refractivity (Wildman–Crippen MR) is 203 cm³/mol. The molecule has 0 amide bonds. The zero-order valence-corrected chi connectivity index (χ0v) is 27.7. The molecule has 2 aliphatic heterocycles. The average molecular weight is 612 g/mol. The van der Waals surface area contributed by atoms with Crippen molar-refractivity contribution in [3.05, 3.63) is 144 Å². The van der Waals surface area contributed by atoms with E-state index in [4.69, 9.17) is 0 Å². The summed E-state index contributed by atoms with van der Waals surface area (Å²) in [6.45, 7) is 11.7. The summed E-state index contributed by atoms with van der Waals surface area (Å²) < 4.78 is 0. The lowest BCUT2D eigenvalue weighted by atomic mass is 9.38. The topological polar surface area (TPSA) is 3.24 Å². The van der Waals surface area contributed by atoms with E-state index in [1.165, 1.54) is 70.6 Å². The number of allylic oxidation sites excluding steroid dienone is 1. The molecule has 0 saturated heterocycles. The lowest BCUT2D eigenvalue weighted by molar-refractivity contribution is 1.29. The van der Waals surface area contributed by atoms with Crippen molar-refractivity contribution in [1.29, 1.82) is 0 Å². The van der Waals surface area contributed by atoms with Gasteiger partial charge in [0.15, 0.2) is 0 Å². The fourth-order valence-corrected chi connectivity index (χ4v) is 12.0. The van der Waals surface area contributed by atoms with Crippen molar-refractivity contribution in [3.63, 3.8) is 0 Å². The van der Waals surface area contributed by atoms with Gasteiger partial charge in [0.25, 0.3) is 0 Å². The first-order valence-corrected chi connectivity index (χ1v) is 19.5. The van der Waals surface area contributed by atoms with Crippen LogP contribution in [0.1, 0.15) is 17.4 Å². The minimum atomic E-state index is -2.14. The third-order valence-corrected chi connectivity index (χ3v) is 14.4. The van der Waals surface area contributed by atoms with Gasteiger partial charge in [-0.05, 0) is 77.1 Å². The van der Waals surface area contributed by atoms with Gasteiger partial charge in [-0.3, -0.25) is 0 Å². The van der Waals surface area contributed by atoms with Crippen LogP contribution >= 0.6 is 11.3 Å². The van der Waals surface area contributed by atoms with Crippen LogP contribution in [0.25, 0.3) is 33.7 Å². The Bertz CT molecular complexity index is 2070. The number of hydrogen-bond donors (Lipinski definition) is 0. The van der Waals surface area contributed by atoms with Crippen molar-refractivity contribution in [2.24, 2.45) is 0 Å². The molecule has 0 N–H and O–H groups in total. The van der Waals surface area contributed by atoms with Gasteiger partial charge in [-0.1, -0.05) is 138 Å². The fraction of sp³-hybridized carbons (Fsp3) is 0.0732. The maximum absolute atomic E-state index is 4.22. The Kier molecular flexibility index (Phi) is 6.67. The Balaban J connectivity index is 1.41. The molecule has 2 aliphatic rings. The van der Waals surface area contributed by atoms with Gasteiger partial charge in [0.2, 0.25) is 6.71 Å². The van der Waals surface area contributed by atoms with Crippen molar-refractivity contribution in [2.45, 2.75) is 20.0 Å². The largest absolute Gasteiger partial charge is 0.311 e. The standard InChI is InChI=1S/C41H34BNSSi/c1-5-16-33-36(6-2)44-41-34-25-29(28-17-10-7-11-18-28)26-38-39(34)42(40(33)41)35-24-23-32(27-37(35)45(38,3)4)43(30-19-12-8-13-20-30)31-21-14-9-15-22-31/h5-27H,2H2,1,3-4H3/b16-5-. The van der Waals surface area contributed by atoms with Crippen molar-refractivity contribution in [2.75, 3.05) is 4.90 Å². The molecule has 3 heterocycles. The Morgan fingerprint density at radius 3 is 1.96 bits per heavy atom. The molecule has 0 atom stereocenters. The number of hydrogen-bond acceptors (Lipinski definition) is 2. The molecule has 0 spiro atoms. The Morgan fingerprint density at radius 1 is 0.689 bits per heavy atom. The summed E-state index contributed by atoms with van der Waals surface area (Å²) in [7, 11) is -2.14. The highest BCUT2D eigenvalue weighted by Crippen LogP contribution is 2.39. The van der Waals surface area contributed by atoms with Crippen LogP contribution in [0.3, 0.4) is 0 Å². The van der Waals surface area contributed by atoms with Crippen LogP contribution in [-0.2, 0) is 0 Å². The van der Waals surface area contributed by atoms with E-state index in [0.717, 1.165) is 0 Å². The van der Waals surface area contributed by atoms with Gasteiger partial charge in [-0.25, -0.2) is 0 Å². The Morgan fingerprint density at radius 2 is 1.33 bits per heavy atom. The van der Waals surface area contributed by atoms with Crippen LogP contribution in [-0.4, -0.2) is 14.8 Å². The predicted octanol–water partition coefficient (Wildman–Crippen LogP) is 8.19. The van der Waals surface area contributed by atoms with E-state index in [9.17, 15) is 0 Å². The molecule has 45 heavy (non-hydrogen) atoms. The van der Waals surface area contributed by atoms with Gasteiger partial charge < -0.3 is 4.90 Å². The summed E-state index contributed by atoms with van der Waals surface area (Å²) in [5.41, 5.74) is 13.3. The second-order valence-electron chi connectivity index (χ2n) is 12.5. The van der Waals surface area contributed by atoms with Crippen LogP contribution in [0.4, 0.5) is 17.1 Å². The number of thiophene rings is 1. The highest BCUT2D eigenvalue weighted by Gasteiger charge is 2.48. The average Bonchev–Trinajstić information content (AvgIpc) is 3.60. The number of nitrogens with zero attached hydrogens (tertiary/aromatic N) is 1. The first kappa shape index (κ1) is 27.9. The molecular weight excluding hydrogens is 577 g/mol. The second kappa shape index (κ2) is 10.8. The molecule has 1 aromatic heterocycles. The van der Waals surface area contributed by atoms with Gasteiger partial charge in [0.1, 0.15) is 8.07 Å². The third kappa shape index (κ3) is 4.28. The van der Waals surface area contributed by atoms with Crippen LogP contribution in [0.5, 0.6) is 0 Å². The molecule has 0 fully saturated rings. The lowest BCUT2D eigenvalue weighted by Gasteiger charge is -2.38.